The van der Waals surface area contributed by atoms with E-state index in [2.05, 4.69) is 19.2 Å². The van der Waals surface area contributed by atoms with E-state index < -0.39 is 10.2 Å². The summed E-state index contributed by atoms with van der Waals surface area (Å²) in [6, 6.07) is 8.59. The van der Waals surface area contributed by atoms with Crippen molar-refractivity contribution in [2.75, 3.05) is 25.5 Å². The zero-order chi connectivity index (χ0) is 25.0. The Bertz CT molecular complexity index is 1130. The number of piperidine rings is 1. The van der Waals surface area contributed by atoms with Crippen LogP contribution in [0.1, 0.15) is 44.6 Å². The zero-order valence-electron chi connectivity index (χ0n) is 19.3. The van der Waals surface area contributed by atoms with Crippen LogP contribution in [-0.4, -0.2) is 38.8 Å². The largest absolute Gasteiger partial charge is 0.496 e. The van der Waals surface area contributed by atoms with Crippen molar-refractivity contribution in [1.82, 2.24) is 4.31 Å². The first kappa shape index (κ1) is 26.6. The topological polar surface area (TPSA) is 111 Å². The second kappa shape index (κ2) is 11.1. The van der Waals surface area contributed by atoms with Crippen LogP contribution in [0.3, 0.4) is 0 Å². The molecule has 11 heteroatoms. The number of nitrogens with zero attached hydrogens (tertiary/aromatic N) is 1. The molecule has 1 aliphatic rings. The van der Waals surface area contributed by atoms with E-state index in [0.717, 1.165) is 17.7 Å². The Morgan fingerprint density at radius 3 is 2.50 bits per heavy atom. The average Bonchev–Trinajstić information content (AvgIpc) is 2.75. The molecule has 3 rings (SSSR count). The highest BCUT2D eigenvalue weighted by molar-refractivity contribution is 7.86. The minimum absolute atomic E-state index is 0.120. The maximum absolute atomic E-state index is 12.6. The van der Waals surface area contributed by atoms with Gasteiger partial charge in [-0.15, -0.1) is 0 Å². The molecule has 2 aromatic rings. The standard InChI is InChI=1S/C23H29Cl2N3O5S/c1-14(2)18-12-17(6-7-21(18)32-3)33-23-19(24)10-16(11-20(23)25)27-22(29)9-15-5-4-8-28(13-15)34(26,30)31/h6-7,10-12,14-15H,4-5,8-9,13H2,1-3H3,(H,27,29)(H2,26,30,31). The van der Waals surface area contributed by atoms with Crippen molar-refractivity contribution in [3.05, 3.63) is 45.9 Å². The summed E-state index contributed by atoms with van der Waals surface area (Å²) < 4.78 is 35.7. The first-order valence-electron chi connectivity index (χ1n) is 10.9. The van der Waals surface area contributed by atoms with Gasteiger partial charge in [-0.1, -0.05) is 37.0 Å². The number of halogens is 2. The maximum Gasteiger partial charge on any atom is 0.276 e. The summed E-state index contributed by atoms with van der Waals surface area (Å²) in [4.78, 5) is 12.6. The predicted molar refractivity (Wildman–Crippen MR) is 134 cm³/mol. The van der Waals surface area contributed by atoms with Gasteiger partial charge in [0.1, 0.15) is 11.5 Å². The molecule has 1 atom stereocenters. The molecule has 0 spiro atoms. The number of anilines is 1. The molecule has 34 heavy (non-hydrogen) atoms. The molecular weight excluding hydrogens is 501 g/mol. The fourth-order valence-corrected chi connectivity index (χ4v) is 5.34. The SMILES string of the molecule is COc1ccc(Oc2c(Cl)cc(NC(=O)CC3CCCN(S(N)(=O)=O)C3)cc2Cl)cc1C(C)C. The molecule has 0 aliphatic carbocycles. The summed E-state index contributed by atoms with van der Waals surface area (Å²) in [6.07, 6.45) is 1.55. The first-order chi connectivity index (χ1) is 16.0. The van der Waals surface area contributed by atoms with Crippen LogP contribution < -0.4 is 19.9 Å². The van der Waals surface area contributed by atoms with Crippen LogP contribution in [0.5, 0.6) is 17.2 Å². The van der Waals surface area contributed by atoms with Gasteiger partial charge >= 0.3 is 0 Å². The Labute approximate surface area is 210 Å². The number of benzene rings is 2. The molecule has 0 bridgehead atoms. The smallest absolute Gasteiger partial charge is 0.276 e. The Morgan fingerprint density at radius 1 is 1.24 bits per heavy atom. The average molecular weight is 530 g/mol. The van der Waals surface area contributed by atoms with Gasteiger partial charge in [0.15, 0.2) is 5.75 Å². The maximum atomic E-state index is 12.6. The molecule has 3 N–H and O–H groups in total. The lowest BCUT2D eigenvalue weighted by molar-refractivity contribution is -0.117. The van der Waals surface area contributed by atoms with Crippen LogP contribution in [-0.2, 0) is 15.0 Å². The molecule has 8 nitrogen and oxygen atoms in total. The number of ether oxygens (including phenoxy) is 2. The molecule has 1 fully saturated rings. The second-order valence-corrected chi connectivity index (χ2v) is 11.0. The highest BCUT2D eigenvalue weighted by Crippen LogP contribution is 2.40. The molecule has 0 saturated carbocycles. The molecule has 0 aromatic heterocycles. The third kappa shape index (κ3) is 6.76. The van der Waals surface area contributed by atoms with E-state index in [1.807, 2.05) is 12.1 Å². The normalized spacial score (nSPS) is 17.0. The van der Waals surface area contributed by atoms with Gasteiger partial charge in [0, 0.05) is 30.8 Å². The van der Waals surface area contributed by atoms with Gasteiger partial charge < -0.3 is 14.8 Å². The minimum Gasteiger partial charge on any atom is -0.496 e. The van der Waals surface area contributed by atoms with E-state index in [9.17, 15) is 13.2 Å². The summed E-state index contributed by atoms with van der Waals surface area (Å²) in [5.74, 6) is 1.44. The number of hydrogen-bond donors (Lipinski definition) is 2. The van der Waals surface area contributed by atoms with Gasteiger partial charge in [-0.3, -0.25) is 4.79 Å². The van der Waals surface area contributed by atoms with E-state index in [4.69, 9.17) is 37.8 Å². The van der Waals surface area contributed by atoms with Gasteiger partial charge in [0.05, 0.1) is 17.2 Å². The van der Waals surface area contributed by atoms with E-state index in [1.54, 1.807) is 25.3 Å². The molecule has 1 amide bonds. The summed E-state index contributed by atoms with van der Waals surface area (Å²) in [5.41, 5.74) is 1.41. The first-order valence-corrected chi connectivity index (χ1v) is 13.2. The van der Waals surface area contributed by atoms with Gasteiger partial charge in [-0.25, -0.2) is 5.14 Å². The highest BCUT2D eigenvalue weighted by atomic mass is 35.5. The number of rotatable bonds is 8. The molecule has 1 aliphatic heterocycles. The molecule has 186 valence electrons. The minimum atomic E-state index is -3.76. The van der Waals surface area contributed by atoms with Crippen LogP contribution in [0.4, 0.5) is 5.69 Å². The molecule has 2 aromatic carbocycles. The van der Waals surface area contributed by atoms with Gasteiger partial charge in [-0.2, -0.15) is 12.7 Å². The van der Waals surface area contributed by atoms with Crippen molar-refractivity contribution in [3.63, 3.8) is 0 Å². The number of nitrogens with one attached hydrogen (secondary N) is 1. The van der Waals surface area contributed by atoms with Gasteiger partial charge in [-0.05, 0) is 55.0 Å². The molecule has 1 saturated heterocycles. The quantitative estimate of drug-likeness (QED) is 0.490. The van der Waals surface area contributed by atoms with Gasteiger partial charge in [0.2, 0.25) is 5.91 Å². The van der Waals surface area contributed by atoms with Gasteiger partial charge in [0.25, 0.3) is 10.2 Å². The van der Waals surface area contributed by atoms with Crippen LogP contribution in [0.2, 0.25) is 10.0 Å². The van der Waals surface area contributed by atoms with Crippen LogP contribution in [0, 0.1) is 5.92 Å². The van der Waals surface area contributed by atoms with Crippen LogP contribution in [0.15, 0.2) is 30.3 Å². The monoisotopic (exact) mass is 529 g/mol. The lowest BCUT2D eigenvalue weighted by Gasteiger charge is -2.30. The van der Waals surface area contributed by atoms with Crippen molar-refractivity contribution in [1.29, 1.82) is 0 Å². The van der Waals surface area contributed by atoms with E-state index in [0.29, 0.717) is 24.4 Å². The van der Waals surface area contributed by atoms with E-state index in [-0.39, 0.29) is 46.5 Å². The zero-order valence-corrected chi connectivity index (χ0v) is 21.6. The Balaban J connectivity index is 1.68. The summed E-state index contributed by atoms with van der Waals surface area (Å²) in [7, 11) is -2.14. The highest BCUT2D eigenvalue weighted by Gasteiger charge is 2.28. The number of carbonyl (C=O) groups is 1. The van der Waals surface area contributed by atoms with Crippen LogP contribution >= 0.6 is 23.2 Å². The van der Waals surface area contributed by atoms with Crippen molar-refractivity contribution < 1.29 is 22.7 Å². The molecule has 0 radical (unpaired) electrons. The fourth-order valence-electron chi connectivity index (χ4n) is 3.97. The second-order valence-electron chi connectivity index (χ2n) is 8.59. The molecule has 1 heterocycles. The number of methoxy groups -OCH3 is 1. The lowest BCUT2D eigenvalue weighted by Crippen LogP contribution is -2.44. The summed E-state index contributed by atoms with van der Waals surface area (Å²) in [6.45, 7) is 4.70. The number of amides is 1. The van der Waals surface area contributed by atoms with E-state index >= 15 is 0 Å². The number of carbonyl (C=O) groups excluding carboxylic acids is 1. The molecule has 1 unspecified atom stereocenters. The van der Waals surface area contributed by atoms with Crippen LogP contribution in [0.25, 0.3) is 0 Å². The summed E-state index contributed by atoms with van der Waals surface area (Å²) in [5, 5.41) is 8.47. The number of nitrogens with two attached hydrogens (primary N) is 1. The van der Waals surface area contributed by atoms with Crippen molar-refractivity contribution >= 4 is 45.0 Å². The van der Waals surface area contributed by atoms with Crippen molar-refractivity contribution in [2.24, 2.45) is 11.1 Å². The Hall–Kier alpha value is -2.04. The third-order valence-electron chi connectivity index (χ3n) is 5.64. The Kier molecular flexibility index (Phi) is 8.70. The lowest BCUT2D eigenvalue weighted by atomic mass is 9.96. The fraction of sp³-hybridized carbons (Fsp3) is 0.435. The van der Waals surface area contributed by atoms with Crippen molar-refractivity contribution in [2.45, 2.75) is 39.0 Å². The summed E-state index contributed by atoms with van der Waals surface area (Å²) >= 11 is 12.8. The Morgan fingerprint density at radius 2 is 1.91 bits per heavy atom. The van der Waals surface area contributed by atoms with Crippen molar-refractivity contribution in [3.8, 4) is 17.2 Å². The van der Waals surface area contributed by atoms with E-state index in [1.165, 1.54) is 4.31 Å². The molecular formula is C23H29Cl2N3O5S. The predicted octanol–water partition coefficient (Wildman–Crippen LogP) is 5.16. The third-order valence-corrected chi connectivity index (χ3v) is 7.25. The number of hydrogen-bond acceptors (Lipinski definition) is 5.